The molecule has 0 aromatic heterocycles. The van der Waals surface area contributed by atoms with E-state index in [1.54, 1.807) is 0 Å². The van der Waals surface area contributed by atoms with E-state index < -0.39 is 25.5 Å². The van der Waals surface area contributed by atoms with E-state index >= 15 is 0 Å². The highest BCUT2D eigenvalue weighted by Gasteiger charge is 2.20. The molecular weight excluding hydrogens is 177 g/mol. The third-order valence-electron chi connectivity index (χ3n) is 1.11. The minimum atomic E-state index is -3.20. The van der Waals surface area contributed by atoms with E-state index in [0.717, 1.165) is 0 Å². The van der Waals surface area contributed by atoms with Gasteiger partial charge in [0.1, 0.15) is 0 Å². The molecule has 0 heterocycles. The Morgan fingerprint density at radius 3 is 2.25 bits per heavy atom. The molecule has 0 amide bonds. The maximum Gasteiger partial charge on any atom is 0.293 e. The van der Waals surface area contributed by atoms with Crippen molar-refractivity contribution in [3.05, 3.63) is 0 Å². The minimum absolute atomic E-state index is 0.0179. The summed E-state index contributed by atoms with van der Waals surface area (Å²) in [6.07, 6.45) is -6.99. The van der Waals surface area contributed by atoms with Crippen molar-refractivity contribution in [1.29, 1.82) is 0 Å². The molecule has 0 aromatic carbocycles. The van der Waals surface area contributed by atoms with Crippen LogP contribution in [0.5, 0.6) is 0 Å². The summed E-state index contributed by atoms with van der Waals surface area (Å²) in [5, 5.41) is 17.0. The molecule has 0 rings (SSSR count). The Kier molecular flexibility index (Phi) is 6.04. The molecule has 6 heteroatoms. The molecule has 0 aliphatic heterocycles. The van der Waals surface area contributed by atoms with E-state index in [9.17, 15) is 13.2 Å². The zero-order valence-corrected chi connectivity index (χ0v) is 6.29. The van der Waals surface area contributed by atoms with Crippen LogP contribution >= 0.6 is 0 Å². The maximum absolute atomic E-state index is 12.0. The van der Waals surface area contributed by atoms with Gasteiger partial charge in [0.05, 0.1) is 12.7 Å². The number of aliphatic hydroxyl groups is 2. The molecule has 0 aliphatic carbocycles. The van der Waals surface area contributed by atoms with E-state index in [-0.39, 0.29) is 13.0 Å². The van der Waals surface area contributed by atoms with Gasteiger partial charge in [-0.1, -0.05) is 0 Å². The second-order valence-electron chi connectivity index (χ2n) is 2.19. The fourth-order valence-electron chi connectivity index (χ4n) is 0.508. The molecule has 2 N–H and O–H groups in total. The Morgan fingerprint density at radius 1 is 1.25 bits per heavy atom. The van der Waals surface area contributed by atoms with Gasteiger partial charge in [-0.15, -0.1) is 0 Å². The third-order valence-corrected chi connectivity index (χ3v) is 1.11. The number of rotatable bonds is 6. The number of ether oxygens (including phenoxy) is 1. The number of hydrogen-bond donors (Lipinski definition) is 2. The molecule has 0 radical (unpaired) electrons. The van der Waals surface area contributed by atoms with Crippen LogP contribution in [0.15, 0.2) is 0 Å². The predicted octanol–water partition coefficient (Wildman–Crippen LogP) is 0.307. The number of alkyl halides is 3. The summed E-state index contributed by atoms with van der Waals surface area (Å²) < 4.78 is 38.8. The Labute approximate surface area is 67.8 Å². The van der Waals surface area contributed by atoms with Crippen molar-refractivity contribution in [3.63, 3.8) is 0 Å². The predicted molar refractivity (Wildman–Crippen MR) is 34.6 cm³/mol. The van der Waals surface area contributed by atoms with Gasteiger partial charge in [0.15, 0.2) is 0 Å². The average Bonchev–Trinajstić information content (AvgIpc) is 2.00. The molecule has 2 unspecified atom stereocenters. The van der Waals surface area contributed by atoms with Gasteiger partial charge in [0.2, 0.25) is 0 Å². The Morgan fingerprint density at radius 2 is 1.83 bits per heavy atom. The molecule has 0 spiro atoms. The summed E-state index contributed by atoms with van der Waals surface area (Å²) in [7, 11) is 0. The number of aliphatic hydroxyl groups excluding tert-OH is 2. The first-order valence-corrected chi connectivity index (χ1v) is 3.40. The van der Waals surface area contributed by atoms with Crippen LogP contribution in [-0.2, 0) is 4.74 Å². The van der Waals surface area contributed by atoms with Gasteiger partial charge in [-0.05, 0) is 6.42 Å². The molecule has 0 fully saturated rings. The highest BCUT2D eigenvalue weighted by atomic mass is 19.3. The molecule has 0 saturated heterocycles. The van der Waals surface area contributed by atoms with Gasteiger partial charge < -0.3 is 14.9 Å². The fourth-order valence-corrected chi connectivity index (χ4v) is 0.508. The molecule has 0 bridgehead atoms. The molecule has 3 nitrogen and oxygen atoms in total. The largest absolute Gasteiger partial charge is 0.396 e. The van der Waals surface area contributed by atoms with Crippen LogP contribution in [0, 0.1) is 0 Å². The van der Waals surface area contributed by atoms with Gasteiger partial charge in [0.25, 0.3) is 12.8 Å². The van der Waals surface area contributed by atoms with E-state index in [2.05, 4.69) is 4.74 Å². The Hall–Kier alpha value is -0.330. The van der Waals surface area contributed by atoms with Gasteiger partial charge >= 0.3 is 0 Å². The van der Waals surface area contributed by atoms with Gasteiger partial charge in [-0.25, -0.2) is 13.2 Å². The summed E-state index contributed by atoms with van der Waals surface area (Å²) in [6.45, 7) is -0.831. The van der Waals surface area contributed by atoms with Crippen molar-refractivity contribution in [2.75, 3.05) is 13.2 Å². The lowest BCUT2D eigenvalue weighted by molar-refractivity contribution is -0.145. The Bertz CT molecular complexity index is 112. The topological polar surface area (TPSA) is 49.7 Å². The summed E-state index contributed by atoms with van der Waals surface area (Å²) in [6, 6.07) is 0. The summed E-state index contributed by atoms with van der Waals surface area (Å²) in [4.78, 5) is 0. The van der Waals surface area contributed by atoms with Crippen LogP contribution in [0.3, 0.4) is 0 Å². The molecule has 2 atom stereocenters. The van der Waals surface area contributed by atoms with Crippen molar-refractivity contribution < 1.29 is 28.1 Å². The lowest BCUT2D eigenvalue weighted by Crippen LogP contribution is -2.24. The van der Waals surface area contributed by atoms with Gasteiger partial charge in [0, 0.05) is 6.61 Å². The quantitative estimate of drug-likeness (QED) is 0.630. The smallest absolute Gasteiger partial charge is 0.293 e. The standard InChI is InChI=1S/C6H11F3O3/c7-5(8)6(9)12-3-4(11)1-2-10/h4-6,10-11H,1-3H2. The van der Waals surface area contributed by atoms with Crippen LogP contribution in [0.1, 0.15) is 6.42 Å². The molecule has 0 aromatic rings. The first kappa shape index (κ1) is 11.7. The second kappa shape index (κ2) is 6.22. The lowest BCUT2D eigenvalue weighted by Gasteiger charge is -2.12. The molecular formula is C6H11F3O3. The van der Waals surface area contributed by atoms with Crippen LogP contribution in [-0.4, -0.2) is 42.3 Å². The van der Waals surface area contributed by atoms with Crippen molar-refractivity contribution in [2.24, 2.45) is 0 Å². The van der Waals surface area contributed by atoms with Crippen LogP contribution in [0.2, 0.25) is 0 Å². The monoisotopic (exact) mass is 188 g/mol. The molecule has 0 aliphatic rings. The third kappa shape index (κ3) is 5.34. The summed E-state index contributed by atoms with van der Waals surface area (Å²) in [5.41, 5.74) is 0. The Balaban J connectivity index is 3.40. The van der Waals surface area contributed by atoms with Crippen LogP contribution in [0.25, 0.3) is 0 Å². The maximum atomic E-state index is 12.0. The van der Waals surface area contributed by atoms with Gasteiger partial charge in [-0.2, -0.15) is 0 Å². The minimum Gasteiger partial charge on any atom is -0.396 e. The first-order valence-electron chi connectivity index (χ1n) is 3.40. The highest BCUT2D eigenvalue weighted by molar-refractivity contribution is 4.53. The molecule has 0 saturated carbocycles. The van der Waals surface area contributed by atoms with E-state index in [1.165, 1.54) is 0 Å². The van der Waals surface area contributed by atoms with E-state index in [0.29, 0.717) is 0 Å². The number of halogens is 3. The summed E-state index contributed by atoms with van der Waals surface area (Å²) >= 11 is 0. The summed E-state index contributed by atoms with van der Waals surface area (Å²) in [5.74, 6) is 0. The highest BCUT2D eigenvalue weighted by Crippen LogP contribution is 2.07. The molecule has 12 heavy (non-hydrogen) atoms. The van der Waals surface area contributed by atoms with Crippen molar-refractivity contribution in [3.8, 4) is 0 Å². The van der Waals surface area contributed by atoms with Crippen molar-refractivity contribution in [2.45, 2.75) is 25.3 Å². The van der Waals surface area contributed by atoms with Crippen LogP contribution < -0.4 is 0 Å². The van der Waals surface area contributed by atoms with E-state index in [1.807, 2.05) is 0 Å². The van der Waals surface area contributed by atoms with E-state index in [4.69, 9.17) is 10.2 Å². The first-order chi connectivity index (χ1) is 5.57. The van der Waals surface area contributed by atoms with Crippen molar-refractivity contribution in [1.82, 2.24) is 0 Å². The van der Waals surface area contributed by atoms with Crippen LogP contribution in [0.4, 0.5) is 13.2 Å². The SMILES string of the molecule is OCCC(O)COC(F)C(F)F. The fraction of sp³-hybridized carbons (Fsp3) is 1.00. The zero-order valence-electron chi connectivity index (χ0n) is 6.29. The van der Waals surface area contributed by atoms with Gasteiger partial charge in [-0.3, -0.25) is 0 Å². The second-order valence-corrected chi connectivity index (χ2v) is 2.19. The van der Waals surface area contributed by atoms with Crippen molar-refractivity contribution >= 4 is 0 Å². The normalized spacial score (nSPS) is 16.5. The lowest BCUT2D eigenvalue weighted by atomic mass is 10.3. The average molecular weight is 188 g/mol. The number of hydrogen-bond acceptors (Lipinski definition) is 3. The molecule has 74 valence electrons. The zero-order chi connectivity index (χ0) is 9.56.